The molecule has 5 heteroatoms. The normalized spacial score (nSPS) is 23.4. The van der Waals surface area contributed by atoms with Gasteiger partial charge in [-0.3, -0.25) is 0 Å². The molecule has 0 radical (unpaired) electrons. The Morgan fingerprint density at radius 2 is 1.53 bits per heavy atom. The van der Waals surface area contributed by atoms with E-state index in [1.807, 2.05) is 6.08 Å². The zero-order valence-electron chi connectivity index (χ0n) is 12.2. The van der Waals surface area contributed by atoms with Gasteiger partial charge in [0.1, 0.15) is 0 Å². The van der Waals surface area contributed by atoms with E-state index in [-0.39, 0.29) is 18.3 Å². The highest BCUT2D eigenvalue weighted by Crippen LogP contribution is 2.37. The van der Waals surface area contributed by atoms with E-state index in [9.17, 15) is 0 Å². The van der Waals surface area contributed by atoms with E-state index in [4.69, 9.17) is 13.7 Å². The number of hydrogen-bond donors (Lipinski definition) is 0. The van der Waals surface area contributed by atoms with Gasteiger partial charge in [0.15, 0.2) is 0 Å². The van der Waals surface area contributed by atoms with Crippen molar-refractivity contribution >= 4 is 15.4 Å². The summed E-state index contributed by atoms with van der Waals surface area (Å²) in [5.74, 6) is 0. The van der Waals surface area contributed by atoms with Crippen LogP contribution in [0.4, 0.5) is 0 Å². The van der Waals surface area contributed by atoms with Crippen molar-refractivity contribution in [2.24, 2.45) is 0 Å². The van der Waals surface area contributed by atoms with Crippen molar-refractivity contribution < 1.29 is 13.7 Å². The summed E-state index contributed by atoms with van der Waals surface area (Å²) in [6.07, 6.45) is 4.51. The van der Waals surface area contributed by atoms with E-state index in [0.29, 0.717) is 0 Å². The first-order chi connectivity index (χ1) is 7.54. The molecular formula is C12H25BO3Si. The molecule has 0 amide bonds. The molecule has 0 saturated carbocycles. The summed E-state index contributed by atoms with van der Waals surface area (Å²) in [5.41, 5.74) is -0.490. The predicted molar refractivity (Wildman–Crippen MR) is 74.5 cm³/mol. The highest BCUT2D eigenvalue weighted by atomic mass is 28.4. The minimum atomic E-state index is -1.46. The second-order valence-electron chi connectivity index (χ2n) is 6.52. The predicted octanol–water partition coefficient (Wildman–Crippen LogP) is 3.44. The second-order valence-corrected chi connectivity index (χ2v) is 11.0. The molecule has 0 atom stereocenters. The molecule has 1 heterocycles. The van der Waals surface area contributed by atoms with E-state index >= 15 is 0 Å². The van der Waals surface area contributed by atoms with Crippen LogP contribution in [0.15, 0.2) is 12.3 Å². The Hall–Kier alpha value is -0.258. The first kappa shape index (κ1) is 14.8. The van der Waals surface area contributed by atoms with Crippen LogP contribution in [0.5, 0.6) is 0 Å². The summed E-state index contributed by atoms with van der Waals surface area (Å²) in [4.78, 5) is 0. The monoisotopic (exact) mass is 256 g/mol. The highest BCUT2D eigenvalue weighted by Gasteiger charge is 2.50. The van der Waals surface area contributed by atoms with Crippen molar-refractivity contribution in [3.05, 3.63) is 12.3 Å². The van der Waals surface area contributed by atoms with Crippen LogP contribution in [-0.4, -0.2) is 26.6 Å². The van der Waals surface area contributed by atoms with Crippen LogP contribution in [0.2, 0.25) is 26.0 Å². The van der Waals surface area contributed by atoms with Crippen LogP contribution in [0.1, 0.15) is 27.7 Å². The van der Waals surface area contributed by atoms with Crippen LogP contribution in [-0.2, 0) is 13.7 Å². The summed E-state index contributed by atoms with van der Waals surface area (Å²) in [7, 11) is -1.62. The van der Waals surface area contributed by atoms with E-state index < -0.39 is 8.32 Å². The largest absolute Gasteiger partial charge is 0.550 e. The molecule has 1 aliphatic heterocycles. The molecule has 17 heavy (non-hydrogen) atoms. The number of rotatable bonds is 4. The Balaban J connectivity index is 2.41. The number of allylic oxidation sites excluding steroid dienone is 1. The maximum atomic E-state index is 5.88. The van der Waals surface area contributed by atoms with Gasteiger partial charge in [0.25, 0.3) is 0 Å². The third-order valence-corrected chi connectivity index (χ3v) is 3.99. The summed E-state index contributed by atoms with van der Waals surface area (Å²) >= 11 is 0. The molecule has 3 nitrogen and oxygen atoms in total. The SMILES string of the molecule is CC1(C)OB(C/C=C\O[Si](C)(C)C)OC1(C)C. The first-order valence-electron chi connectivity index (χ1n) is 6.22. The van der Waals surface area contributed by atoms with Gasteiger partial charge in [-0.25, -0.2) is 0 Å². The fraction of sp³-hybridized carbons (Fsp3) is 0.833. The van der Waals surface area contributed by atoms with Crippen molar-refractivity contribution in [1.29, 1.82) is 0 Å². The Labute approximate surface area is 107 Å². The molecule has 1 fully saturated rings. The molecule has 0 unspecified atom stereocenters. The van der Waals surface area contributed by atoms with Crippen molar-refractivity contribution in [3.8, 4) is 0 Å². The fourth-order valence-corrected chi connectivity index (χ4v) is 1.98. The zero-order valence-corrected chi connectivity index (χ0v) is 13.2. The third-order valence-electron chi connectivity index (χ3n) is 3.15. The molecule has 98 valence electrons. The maximum absolute atomic E-state index is 5.88. The lowest BCUT2D eigenvalue weighted by atomic mass is 9.85. The fourth-order valence-electron chi connectivity index (χ4n) is 1.48. The van der Waals surface area contributed by atoms with E-state index in [1.54, 1.807) is 6.26 Å². The van der Waals surface area contributed by atoms with Crippen molar-refractivity contribution in [1.82, 2.24) is 0 Å². The highest BCUT2D eigenvalue weighted by molar-refractivity contribution is 6.69. The molecule has 0 N–H and O–H groups in total. The lowest BCUT2D eigenvalue weighted by molar-refractivity contribution is 0.00578. The topological polar surface area (TPSA) is 27.7 Å². The average molecular weight is 256 g/mol. The molecular weight excluding hydrogens is 231 g/mol. The Morgan fingerprint density at radius 1 is 1.06 bits per heavy atom. The summed E-state index contributed by atoms with van der Waals surface area (Å²) in [6.45, 7) is 14.7. The standard InChI is InChI=1S/C12H25BO3Si/c1-11(2)12(3,4)16-13(15-11)9-8-10-14-17(5,6)7/h8,10H,9H2,1-7H3/b10-8-. The van der Waals surface area contributed by atoms with Gasteiger partial charge in [0.05, 0.1) is 17.5 Å². The number of hydrogen-bond acceptors (Lipinski definition) is 3. The van der Waals surface area contributed by atoms with Gasteiger partial charge >= 0.3 is 7.12 Å². The molecule has 0 aromatic heterocycles. The van der Waals surface area contributed by atoms with Gasteiger partial charge < -0.3 is 13.7 Å². The lowest BCUT2D eigenvalue weighted by Gasteiger charge is -2.32. The summed E-state index contributed by atoms with van der Waals surface area (Å²) in [5, 5.41) is 0. The molecule has 0 bridgehead atoms. The third kappa shape index (κ3) is 4.16. The molecule has 1 rings (SSSR count). The van der Waals surface area contributed by atoms with Crippen molar-refractivity contribution in [2.45, 2.75) is 64.9 Å². The lowest BCUT2D eigenvalue weighted by Crippen LogP contribution is -2.41. The van der Waals surface area contributed by atoms with E-state index in [2.05, 4.69) is 47.3 Å². The Morgan fingerprint density at radius 3 is 1.94 bits per heavy atom. The minimum Gasteiger partial charge on any atom is -0.550 e. The summed E-state index contributed by atoms with van der Waals surface area (Å²) in [6, 6.07) is 0. The van der Waals surface area contributed by atoms with Crippen LogP contribution in [0, 0.1) is 0 Å². The maximum Gasteiger partial charge on any atom is 0.461 e. The van der Waals surface area contributed by atoms with Crippen molar-refractivity contribution in [2.75, 3.05) is 0 Å². The van der Waals surface area contributed by atoms with Gasteiger partial charge in [-0.15, -0.1) is 0 Å². The Bertz CT molecular complexity index is 279. The molecule has 1 aliphatic rings. The quantitative estimate of drug-likeness (QED) is 0.569. The second kappa shape index (κ2) is 4.78. The molecule has 0 aliphatic carbocycles. The van der Waals surface area contributed by atoms with Crippen LogP contribution < -0.4 is 0 Å². The van der Waals surface area contributed by atoms with Gasteiger partial charge in [0, 0.05) is 6.32 Å². The van der Waals surface area contributed by atoms with Crippen LogP contribution in [0.3, 0.4) is 0 Å². The van der Waals surface area contributed by atoms with Gasteiger partial charge in [-0.1, -0.05) is 6.08 Å². The minimum absolute atomic E-state index is 0.165. The van der Waals surface area contributed by atoms with Gasteiger partial charge in [0.2, 0.25) is 8.32 Å². The van der Waals surface area contributed by atoms with Crippen LogP contribution >= 0.6 is 0 Å². The van der Waals surface area contributed by atoms with Crippen LogP contribution in [0.25, 0.3) is 0 Å². The average Bonchev–Trinajstić information content (AvgIpc) is 2.28. The van der Waals surface area contributed by atoms with Gasteiger partial charge in [-0.2, -0.15) is 0 Å². The molecule has 1 saturated heterocycles. The van der Waals surface area contributed by atoms with E-state index in [0.717, 1.165) is 6.32 Å². The molecule has 0 aromatic rings. The zero-order chi connectivity index (χ0) is 13.3. The molecule has 0 spiro atoms. The summed E-state index contributed by atoms with van der Waals surface area (Å²) < 4.78 is 17.4. The Kier molecular flexibility index (Phi) is 4.17. The molecule has 0 aromatic carbocycles. The van der Waals surface area contributed by atoms with Crippen molar-refractivity contribution in [3.63, 3.8) is 0 Å². The first-order valence-corrected chi connectivity index (χ1v) is 9.63. The van der Waals surface area contributed by atoms with Gasteiger partial charge in [-0.05, 0) is 47.3 Å². The van der Waals surface area contributed by atoms with E-state index in [1.165, 1.54) is 0 Å². The smallest absolute Gasteiger partial charge is 0.461 e.